The number of hydrogen-bond donors (Lipinski definition) is 2. The van der Waals surface area contributed by atoms with E-state index < -0.39 is 19.8 Å². The molecule has 4 atom stereocenters. The number of halogens is 1. The van der Waals surface area contributed by atoms with Crippen molar-refractivity contribution >= 4 is 54.0 Å². The predicted octanol–water partition coefficient (Wildman–Crippen LogP) is 5.46. The van der Waals surface area contributed by atoms with Gasteiger partial charge in [-0.25, -0.2) is 0 Å². The number of aliphatic hydroxyl groups is 1. The molecule has 12 heteroatoms. The molecule has 0 saturated carbocycles. The zero-order valence-electron chi connectivity index (χ0n) is 31.8. The van der Waals surface area contributed by atoms with Crippen molar-refractivity contribution in [3.63, 3.8) is 0 Å². The Kier molecular flexibility index (Phi) is 11.2. The molecule has 3 aliphatic heterocycles. The van der Waals surface area contributed by atoms with Crippen LogP contribution in [0.2, 0.25) is 23.7 Å². The van der Waals surface area contributed by atoms with Crippen LogP contribution in [0.15, 0.2) is 97.1 Å². The number of benzene rings is 4. The summed E-state index contributed by atoms with van der Waals surface area (Å²) in [6, 6.07) is 31.2. The van der Waals surface area contributed by atoms with Crippen molar-refractivity contribution in [2.45, 2.75) is 56.8 Å². The van der Waals surface area contributed by atoms with Gasteiger partial charge in [0.2, 0.25) is 11.8 Å². The number of methoxy groups -OCH3 is 1. The molecule has 3 amide bonds. The van der Waals surface area contributed by atoms with Gasteiger partial charge in [0, 0.05) is 48.4 Å². The van der Waals surface area contributed by atoms with E-state index in [4.69, 9.17) is 21.1 Å². The number of ether oxygens (including phenoxy) is 2. The van der Waals surface area contributed by atoms with Crippen molar-refractivity contribution in [1.82, 2.24) is 10.2 Å². The van der Waals surface area contributed by atoms with Gasteiger partial charge < -0.3 is 34.6 Å². The summed E-state index contributed by atoms with van der Waals surface area (Å²) >= 11 is 6.71. The van der Waals surface area contributed by atoms with Gasteiger partial charge in [-0.1, -0.05) is 91.4 Å². The minimum absolute atomic E-state index is 0.0251. The van der Waals surface area contributed by atoms with E-state index in [0.717, 1.165) is 40.0 Å². The second kappa shape index (κ2) is 15.9. The maximum Gasteiger partial charge on any atom is 0.264 e. The van der Waals surface area contributed by atoms with Crippen molar-refractivity contribution in [2.75, 3.05) is 49.7 Å². The molecule has 2 N–H and O–H groups in total. The molecule has 2 saturated heterocycles. The lowest BCUT2D eigenvalue weighted by molar-refractivity contribution is -0.150. The smallest absolute Gasteiger partial charge is 0.264 e. The van der Waals surface area contributed by atoms with Crippen LogP contribution >= 0.6 is 11.6 Å². The second-order valence-electron chi connectivity index (χ2n) is 15.3. The molecule has 0 unspecified atom stereocenters. The first-order valence-electron chi connectivity index (χ1n) is 18.9. The topological polar surface area (TPSA) is 112 Å². The fraction of sp³-hybridized carbons (Fsp3) is 0.372. The second-order valence-corrected chi connectivity index (χ2v) is 20.5. The molecule has 0 aromatic heterocycles. The Bertz CT molecular complexity index is 2030. The van der Waals surface area contributed by atoms with E-state index in [0.29, 0.717) is 30.2 Å². The third-order valence-electron chi connectivity index (χ3n) is 11.8. The van der Waals surface area contributed by atoms with Gasteiger partial charge in [-0.05, 0) is 59.1 Å². The van der Waals surface area contributed by atoms with Gasteiger partial charge in [0.1, 0.15) is 5.75 Å². The van der Waals surface area contributed by atoms with Crippen LogP contribution in [-0.2, 0) is 37.8 Å². The van der Waals surface area contributed by atoms with E-state index in [2.05, 4.69) is 37.5 Å². The van der Waals surface area contributed by atoms with Crippen LogP contribution in [0.4, 0.5) is 11.4 Å². The summed E-state index contributed by atoms with van der Waals surface area (Å²) in [6.45, 7) is 8.94. The summed E-state index contributed by atoms with van der Waals surface area (Å²) in [7, 11) is -0.882. The molecule has 3 aliphatic rings. The zero-order valence-corrected chi connectivity index (χ0v) is 33.6. The van der Waals surface area contributed by atoms with Crippen molar-refractivity contribution < 1.29 is 29.0 Å². The number of anilines is 2. The summed E-state index contributed by atoms with van der Waals surface area (Å²) in [4.78, 5) is 47.4. The quantitative estimate of drug-likeness (QED) is 0.184. The van der Waals surface area contributed by atoms with E-state index in [1.54, 1.807) is 27.9 Å². The van der Waals surface area contributed by atoms with Crippen LogP contribution in [0.3, 0.4) is 0 Å². The predicted molar refractivity (Wildman–Crippen MR) is 217 cm³/mol. The third-order valence-corrected chi connectivity index (χ3v) is 16.4. The number of rotatable bonds is 12. The Morgan fingerprint density at radius 3 is 2.42 bits per heavy atom. The van der Waals surface area contributed by atoms with Gasteiger partial charge in [-0.15, -0.1) is 0 Å². The Morgan fingerprint density at radius 2 is 1.75 bits per heavy atom. The van der Waals surface area contributed by atoms with Gasteiger partial charge in [0.25, 0.3) is 5.91 Å². The molecule has 288 valence electrons. The molecule has 4 aromatic rings. The Morgan fingerprint density at radius 1 is 1.02 bits per heavy atom. The SMILES string of the molecule is COc1ccc([Si](C)(C)[C@@H]2[C@@H](CC(=O)N(CCO)Cc3ccccc3)O[C@]3(C(=O)N(Cc4ccc(N5CCNCC5=O)cc4)c4ccc(Cl)cc43)[C@H]2C)cc1. The number of amides is 3. The molecule has 0 bridgehead atoms. The van der Waals surface area contributed by atoms with E-state index in [-0.39, 0.29) is 55.3 Å². The van der Waals surface area contributed by atoms with Crippen LogP contribution in [-0.4, -0.2) is 81.8 Å². The molecule has 10 nitrogen and oxygen atoms in total. The molecular weight excluding hydrogens is 732 g/mol. The molecule has 0 radical (unpaired) electrons. The first kappa shape index (κ1) is 38.7. The lowest BCUT2D eigenvalue weighted by atomic mass is 9.82. The summed E-state index contributed by atoms with van der Waals surface area (Å²) in [5, 5.41) is 14.8. The number of piperazine rings is 1. The lowest BCUT2D eigenvalue weighted by Gasteiger charge is -2.37. The maximum absolute atomic E-state index is 15.2. The Hall–Kier alpha value is -4.52. The molecule has 2 fully saturated rings. The van der Waals surface area contributed by atoms with Gasteiger partial charge in [-0.2, -0.15) is 0 Å². The van der Waals surface area contributed by atoms with Gasteiger partial charge >= 0.3 is 0 Å². The van der Waals surface area contributed by atoms with Crippen LogP contribution in [0.5, 0.6) is 5.75 Å². The van der Waals surface area contributed by atoms with Gasteiger partial charge in [0.15, 0.2) is 5.60 Å². The number of nitrogens with one attached hydrogen (secondary N) is 1. The fourth-order valence-electron chi connectivity index (χ4n) is 9.00. The zero-order chi connectivity index (χ0) is 38.9. The minimum atomic E-state index is -2.53. The normalized spacial score (nSPS) is 22.3. The van der Waals surface area contributed by atoms with Crippen LogP contribution in [0.1, 0.15) is 30.0 Å². The highest BCUT2D eigenvalue weighted by Gasteiger charge is 2.66. The average Bonchev–Trinajstić information content (AvgIpc) is 3.61. The number of carbonyl (C=O) groups is 3. The van der Waals surface area contributed by atoms with Crippen molar-refractivity contribution in [3.8, 4) is 5.75 Å². The molecule has 55 heavy (non-hydrogen) atoms. The maximum atomic E-state index is 15.2. The summed E-state index contributed by atoms with van der Waals surface area (Å²) < 4.78 is 12.7. The summed E-state index contributed by atoms with van der Waals surface area (Å²) in [5.41, 5.74) is 2.57. The first-order chi connectivity index (χ1) is 26.5. The molecule has 7 rings (SSSR count). The molecule has 4 aromatic carbocycles. The number of fused-ring (bicyclic) bond motifs is 2. The average molecular weight is 781 g/mol. The van der Waals surface area contributed by atoms with Gasteiger partial charge in [-0.3, -0.25) is 14.4 Å². The summed E-state index contributed by atoms with van der Waals surface area (Å²) in [6.07, 6.45) is -0.555. The number of nitrogens with zero attached hydrogens (tertiary/aromatic N) is 3. The van der Waals surface area contributed by atoms with Crippen LogP contribution in [0, 0.1) is 5.92 Å². The molecule has 1 spiro atoms. The van der Waals surface area contributed by atoms with E-state index >= 15 is 4.79 Å². The van der Waals surface area contributed by atoms with Gasteiger partial charge in [0.05, 0.1) is 53.1 Å². The molecule has 3 heterocycles. The third kappa shape index (κ3) is 7.31. The van der Waals surface area contributed by atoms with E-state index in [1.165, 1.54) is 0 Å². The lowest BCUT2D eigenvalue weighted by Crippen LogP contribution is -2.52. The highest BCUT2D eigenvalue weighted by molar-refractivity contribution is 6.91. The molecule has 0 aliphatic carbocycles. The van der Waals surface area contributed by atoms with E-state index in [1.807, 2.05) is 78.9 Å². The van der Waals surface area contributed by atoms with E-state index in [9.17, 15) is 14.7 Å². The monoisotopic (exact) mass is 780 g/mol. The van der Waals surface area contributed by atoms with Crippen molar-refractivity contribution in [2.24, 2.45) is 5.92 Å². The number of carbonyl (C=O) groups excluding carboxylic acids is 3. The fourth-order valence-corrected chi connectivity index (χ4v) is 13.2. The highest BCUT2D eigenvalue weighted by Crippen LogP contribution is 2.60. The number of aliphatic hydroxyl groups excluding tert-OH is 1. The largest absolute Gasteiger partial charge is 0.497 e. The van der Waals surface area contributed by atoms with Crippen LogP contribution in [0.25, 0.3) is 0 Å². The van der Waals surface area contributed by atoms with Crippen LogP contribution < -0.4 is 25.0 Å². The van der Waals surface area contributed by atoms with Crippen molar-refractivity contribution in [1.29, 1.82) is 0 Å². The van der Waals surface area contributed by atoms with Crippen molar-refractivity contribution in [3.05, 3.63) is 119 Å². The Balaban J connectivity index is 1.25. The standard InChI is InChI=1S/C43H49ClN4O6Si/c1-29-41(55(3,4)35-17-15-34(53-2)16-18-35)38(25-39(50)46(22-23-49)27-30-8-6-5-7-9-30)54-43(29)36-24-32(44)12-19-37(36)48(42(43)52)28-31-10-13-33(14-11-31)47-21-20-45-26-40(47)51/h5-19,24,29,38,41,45,49H,20-23,25-28H2,1-4H3/t29-,38+,41-,43+/m0/s1. The minimum Gasteiger partial charge on any atom is -0.497 e. The first-order valence-corrected chi connectivity index (χ1v) is 22.4. The number of hydrogen-bond acceptors (Lipinski definition) is 7. The highest BCUT2D eigenvalue weighted by atomic mass is 35.5. The Labute approximate surface area is 329 Å². The molecular formula is C43H49ClN4O6Si. The summed E-state index contributed by atoms with van der Waals surface area (Å²) in [5.74, 6) is 0.121.